The first-order chi connectivity index (χ1) is 12.1. The highest BCUT2D eigenvalue weighted by atomic mass is 32.2. The summed E-state index contributed by atoms with van der Waals surface area (Å²) >= 11 is 1.29. The Balaban J connectivity index is 1.56. The third-order valence-electron chi connectivity index (χ3n) is 3.60. The van der Waals surface area contributed by atoms with Gasteiger partial charge in [0, 0.05) is 11.9 Å². The summed E-state index contributed by atoms with van der Waals surface area (Å²) in [6.07, 6.45) is 3.26. The van der Waals surface area contributed by atoms with E-state index in [1.165, 1.54) is 17.3 Å². The molecule has 3 rings (SSSR count). The largest absolute Gasteiger partial charge is 0.463 e. The van der Waals surface area contributed by atoms with Crippen molar-refractivity contribution in [2.45, 2.75) is 24.9 Å². The molecule has 0 bridgehead atoms. The second kappa shape index (κ2) is 7.98. The van der Waals surface area contributed by atoms with Crippen LogP contribution in [-0.4, -0.2) is 21.6 Å². The highest BCUT2D eigenvalue weighted by molar-refractivity contribution is 7.99. The summed E-state index contributed by atoms with van der Waals surface area (Å²) in [6.45, 7) is 4.28. The van der Waals surface area contributed by atoms with Crippen molar-refractivity contribution in [3.63, 3.8) is 0 Å². The monoisotopic (exact) mass is 353 g/mol. The van der Waals surface area contributed by atoms with E-state index in [0.29, 0.717) is 22.5 Å². The molecule has 5 nitrogen and oxygen atoms in total. The number of amides is 1. The Hall–Kier alpha value is -2.60. The Labute approximate surface area is 150 Å². The molecule has 3 aromatic rings. The molecule has 1 aromatic carbocycles. The lowest BCUT2D eigenvalue weighted by Crippen LogP contribution is -2.14. The lowest BCUT2D eigenvalue weighted by molar-refractivity contribution is -0.113. The van der Waals surface area contributed by atoms with E-state index < -0.39 is 0 Å². The van der Waals surface area contributed by atoms with Crippen molar-refractivity contribution in [3.05, 3.63) is 60.5 Å². The van der Waals surface area contributed by atoms with Crippen molar-refractivity contribution in [3.8, 4) is 11.5 Å². The standard InChI is InChI=1S/C19H19N3O2S/c1-13(2)14-5-7-15(8-6-14)21-18(23)12-25-19-20-10-9-16(22-19)17-4-3-11-24-17/h3-11,13H,12H2,1-2H3,(H,21,23). The average molecular weight is 353 g/mol. The third kappa shape index (κ3) is 4.70. The Morgan fingerprint density at radius 1 is 1.20 bits per heavy atom. The molecule has 128 valence electrons. The molecule has 1 N–H and O–H groups in total. The van der Waals surface area contributed by atoms with Crippen LogP contribution in [0.15, 0.2) is 64.5 Å². The third-order valence-corrected chi connectivity index (χ3v) is 4.46. The van der Waals surface area contributed by atoms with E-state index in [1.807, 2.05) is 36.4 Å². The maximum absolute atomic E-state index is 12.1. The number of hydrogen-bond donors (Lipinski definition) is 1. The van der Waals surface area contributed by atoms with Crippen LogP contribution in [0.2, 0.25) is 0 Å². The number of carbonyl (C=O) groups is 1. The van der Waals surface area contributed by atoms with Crippen LogP contribution in [0.25, 0.3) is 11.5 Å². The number of carbonyl (C=O) groups excluding carboxylic acids is 1. The number of anilines is 1. The van der Waals surface area contributed by atoms with E-state index in [-0.39, 0.29) is 11.7 Å². The van der Waals surface area contributed by atoms with Gasteiger partial charge in [0.25, 0.3) is 0 Å². The topological polar surface area (TPSA) is 68.0 Å². The molecule has 6 heteroatoms. The quantitative estimate of drug-likeness (QED) is 0.518. The summed E-state index contributed by atoms with van der Waals surface area (Å²) in [5, 5.41) is 3.43. The molecule has 0 aliphatic heterocycles. The van der Waals surface area contributed by atoms with Gasteiger partial charge in [-0.05, 0) is 41.8 Å². The molecule has 0 aliphatic carbocycles. The lowest BCUT2D eigenvalue weighted by atomic mass is 10.0. The highest BCUT2D eigenvalue weighted by Gasteiger charge is 2.08. The summed E-state index contributed by atoms with van der Waals surface area (Å²) in [5.41, 5.74) is 2.74. The van der Waals surface area contributed by atoms with Gasteiger partial charge in [-0.2, -0.15) is 0 Å². The molecule has 0 saturated heterocycles. The van der Waals surface area contributed by atoms with Gasteiger partial charge in [-0.25, -0.2) is 9.97 Å². The first kappa shape index (κ1) is 17.2. The van der Waals surface area contributed by atoms with E-state index in [2.05, 4.69) is 29.1 Å². The summed E-state index contributed by atoms with van der Waals surface area (Å²) in [5.74, 6) is 1.31. The van der Waals surface area contributed by atoms with Gasteiger partial charge in [-0.15, -0.1) is 0 Å². The van der Waals surface area contributed by atoms with Crippen LogP contribution in [-0.2, 0) is 4.79 Å². The first-order valence-corrected chi connectivity index (χ1v) is 9.00. The predicted molar refractivity (Wildman–Crippen MR) is 99.6 cm³/mol. The van der Waals surface area contributed by atoms with Crippen molar-refractivity contribution in [2.24, 2.45) is 0 Å². The number of nitrogens with zero attached hydrogens (tertiary/aromatic N) is 2. The maximum Gasteiger partial charge on any atom is 0.234 e. The molecule has 0 atom stereocenters. The Morgan fingerprint density at radius 3 is 2.68 bits per heavy atom. The van der Waals surface area contributed by atoms with Gasteiger partial charge in [0.15, 0.2) is 10.9 Å². The fraction of sp³-hybridized carbons (Fsp3) is 0.211. The second-order valence-corrected chi connectivity index (χ2v) is 6.76. The van der Waals surface area contributed by atoms with Crippen LogP contribution >= 0.6 is 11.8 Å². The number of hydrogen-bond acceptors (Lipinski definition) is 5. The van der Waals surface area contributed by atoms with Crippen molar-refractivity contribution in [1.29, 1.82) is 0 Å². The number of benzene rings is 1. The second-order valence-electron chi connectivity index (χ2n) is 5.82. The van der Waals surface area contributed by atoms with E-state index in [4.69, 9.17) is 4.42 Å². The summed E-state index contributed by atoms with van der Waals surface area (Å²) in [4.78, 5) is 20.7. The van der Waals surface area contributed by atoms with Crippen LogP contribution in [0.5, 0.6) is 0 Å². The fourth-order valence-electron chi connectivity index (χ4n) is 2.25. The zero-order valence-corrected chi connectivity index (χ0v) is 14.9. The zero-order chi connectivity index (χ0) is 17.6. The number of rotatable bonds is 6. The molecule has 0 unspecified atom stereocenters. The molecular formula is C19H19N3O2S. The molecule has 1 amide bonds. The molecular weight excluding hydrogens is 334 g/mol. The predicted octanol–water partition coefficient (Wildman–Crippen LogP) is 4.59. The van der Waals surface area contributed by atoms with Gasteiger partial charge >= 0.3 is 0 Å². The maximum atomic E-state index is 12.1. The normalized spacial score (nSPS) is 10.8. The Kier molecular flexibility index (Phi) is 5.50. The van der Waals surface area contributed by atoms with Crippen molar-refractivity contribution in [1.82, 2.24) is 9.97 Å². The Morgan fingerprint density at radius 2 is 2.00 bits per heavy atom. The van der Waals surface area contributed by atoms with Gasteiger partial charge in [0.05, 0.1) is 12.0 Å². The smallest absolute Gasteiger partial charge is 0.234 e. The van der Waals surface area contributed by atoms with E-state index >= 15 is 0 Å². The first-order valence-electron chi connectivity index (χ1n) is 8.01. The summed E-state index contributed by atoms with van der Waals surface area (Å²) < 4.78 is 5.33. The van der Waals surface area contributed by atoms with Crippen molar-refractivity contribution in [2.75, 3.05) is 11.1 Å². The molecule has 0 spiro atoms. The van der Waals surface area contributed by atoms with Gasteiger partial charge in [-0.1, -0.05) is 37.7 Å². The van der Waals surface area contributed by atoms with Gasteiger partial charge in [0.1, 0.15) is 5.69 Å². The summed E-state index contributed by atoms with van der Waals surface area (Å²) in [6, 6.07) is 13.3. The number of aromatic nitrogens is 2. The van der Waals surface area contributed by atoms with Crippen LogP contribution < -0.4 is 5.32 Å². The number of nitrogens with one attached hydrogen (secondary N) is 1. The molecule has 25 heavy (non-hydrogen) atoms. The van der Waals surface area contributed by atoms with Crippen molar-refractivity contribution < 1.29 is 9.21 Å². The highest BCUT2D eigenvalue weighted by Crippen LogP contribution is 2.21. The lowest BCUT2D eigenvalue weighted by Gasteiger charge is -2.08. The van der Waals surface area contributed by atoms with E-state index in [9.17, 15) is 4.79 Å². The van der Waals surface area contributed by atoms with Crippen molar-refractivity contribution >= 4 is 23.4 Å². The Bertz CT molecular complexity index is 830. The zero-order valence-electron chi connectivity index (χ0n) is 14.1. The van der Waals surface area contributed by atoms with Crippen LogP contribution in [0.4, 0.5) is 5.69 Å². The minimum absolute atomic E-state index is 0.0886. The summed E-state index contributed by atoms with van der Waals surface area (Å²) in [7, 11) is 0. The van der Waals surface area contributed by atoms with Crippen LogP contribution in [0.3, 0.4) is 0 Å². The minimum atomic E-state index is -0.0886. The number of furan rings is 1. The van der Waals surface area contributed by atoms with E-state index in [0.717, 1.165) is 5.69 Å². The van der Waals surface area contributed by atoms with Crippen LogP contribution in [0.1, 0.15) is 25.3 Å². The number of thioether (sulfide) groups is 1. The van der Waals surface area contributed by atoms with E-state index in [1.54, 1.807) is 18.5 Å². The molecule has 0 radical (unpaired) electrons. The van der Waals surface area contributed by atoms with Gasteiger partial charge in [-0.3, -0.25) is 4.79 Å². The van der Waals surface area contributed by atoms with Crippen LogP contribution in [0, 0.1) is 0 Å². The molecule has 0 aliphatic rings. The van der Waals surface area contributed by atoms with Gasteiger partial charge < -0.3 is 9.73 Å². The minimum Gasteiger partial charge on any atom is -0.463 e. The van der Waals surface area contributed by atoms with Gasteiger partial charge in [0.2, 0.25) is 5.91 Å². The SMILES string of the molecule is CC(C)c1ccc(NC(=O)CSc2nccc(-c3ccco3)n2)cc1. The molecule has 0 saturated carbocycles. The molecule has 2 heterocycles. The average Bonchev–Trinajstić information content (AvgIpc) is 3.15. The molecule has 2 aromatic heterocycles. The fourth-order valence-corrected chi connectivity index (χ4v) is 2.88. The molecule has 0 fully saturated rings.